The molecule has 230 valence electrons. The maximum Gasteiger partial charge on any atom is 0.286 e. The van der Waals surface area contributed by atoms with E-state index in [2.05, 4.69) is 53.1 Å². The quantitative estimate of drug-likeness (QED) is 0.110. The minimum atomic E-state index is -0.587. The summed E-state index contributed by atoms with van der Waals surface area (Å²) < 4.78 is 12.1. The second-order valence-corrected chi connectivity index (χ2v) is 11.4. The molecular weight excluding hydrogens is 566 g/mol. The van der Waals surface area contributed by atoms with Crippen molar-refractivity contribution in [3.8, 4) is 11.1 Å². The molecule has 0 bridgehead atoms. The van der Waals surface area contributed by atoms with Crippen LogP contribution in [0.5, 0.6) is 0 Å². The van der Waals surface area contributed by atoms with E-state index in [4.69, 9.17) is 20.3 Å². The number of nitrogens with two attached hydrogens (primary N) is 1. The lowest BCUT2D eigenvalue weighted by Gasteiger charge is -2.30. The van der Waals surface area contributed by atoms with Crippen molar-refractivity contribution in [1.29, 1.82) is 0 Å². The average molecular weight is 604 g/mol. The van der Waals surface area contributed by atoms with Crippen LogP contribution in [0, 0.1) is 0 Å². The zero-order chi connectivity index (χ0) is 31.2. The highest BCUT2D eigenvalue weighted by Crippen LogP contribution is 2.43. The molecule has 4 aromatic rings. The van der Waals surface area contributed by atoms with Crippen LogP contribution < -0.4 is 16.4 Å². The highest BCUT2D eigenvalue weighted by molar-refractivity contribution is 6.05. The molecule has 0 radical (unpaired) electrons. The summed E-state index contributed by atoms with van der Waals surface area (Å²) in [5.74, 6) is -0.442. The first-order chi connectivity index (χ1) is 22.0. The van der Waals surface area contributed by atoms with Crippen molar-refractivity contribution < 1.29 is 24.2 Å². The van der Waals surface area contributed by atoms with Crippen LogP contribution in [0.1, 0.15) is 57.8 Å². The SMILES string of the molecule is Nc1ccccc1NC(=O)c1ccc(CNC(=O)C2=C[C@@H](c3cccc4c3Cc3ccccc3-4)C[C@@H](OCCCCO)O2)cc1. The predicted molar refractivity (Wildman–Crippen MR) is 174 cm³/mol. The second-order valence-electron chi connectivity index (χ2n) is 11.4. The van der Waals surface area contributed by atoms with Gasteiger partial charge in [-0.1, -0.05) is 66.7 Å². The number of para-hydroxylation sites is 2. The average Bonchev–Trinajstić information content (AvgIpc) is 3.46. The van der Waals surface area contributed by atoms with Gasteiger partial charge in [-0.3, -0.25) is 9.59 Å². The molecule has 4 aromatic carbocycles. The highest BCUT2D eigenvalue weighted by Gasteiger charge is 2.32. The fourth-order valence-corrected chi connectivity index (χ4v) is 5.94. The van der Waals surface area contributed by atoms with Gasteiger partial charge in [0.25, 0.3) is 11.8 Å². The van der Waals surface area contributed by atoms with Gasteiger partial charge in [-0.15, -0.1) is 0 Å². The highest BCUT2D eigenvalue weighted by atomic mass is 16.7. The molecule has 2 amide bonds. The van der Waals surface area contributed by atoms with E-state index in [1.54, 1.807) is 36.4 Å². The summed E-state index contributed by atoms with van der Waals surface area (Å²) in [7, 11) is 0. The molecule has 5 N–H and O–H groups in total. The number of aliphatic hydroxyl groups excluding tert-OH is 1. The van der Waals surface area contributed by atoms with Crippen molar-refractivity contribution in [2.75, 3.05) is 24.3 Å². The van der Waals surface area contributed by atoms with E-state index in [1.807, 2.05) is 18.2 Å². The van der Waals surface area contributed by atoms with Gasteiger partial charge in [-0.05, 0) is 83.0 Å². The molecule has 6 rings (SSSR count). The number of fused-ring (bicyclic) bond motifs is 3. The Labute approximate surface area is 262 Å². The number of hydrogen-bond donors (Lipinski definition) is 4. The smallest absolute Gasteiger partial charge is 0.286 e. The summed E-state index contributed by atoms with van der Waals surface area (Å²) in [6, 6.07) is 29.0. The van der Waals surface area contributed by atoms with Crippen molar-refractivity contribution in [3.05, 3.63) is 131 Å². The van der Waals surface area contributed by atoms with Crippen LogP contribution in [-0.4, -0.2) is 36.4 Å². The van der Waals surface area contributed by atoms with Crippen molar-refractivity contribution in [2.24, 2.45) is 0 Å². The normalized spacial score (nSPS) is 16.6. The Hall–Kier alpha value is -4.92. The lowest BCUT2D eigenvalue weighted by Crippen LogP contribution is -2.33. The Bertz CT molecular complexity index is 1720. The van der Waals surface area contributed by atoms with Gasteiger partial charge in [0, 0.05) is 31.1 Å². The molecule has 1 aliphatic heterocycles. The lowest BCUT2D eigenvalue weighted by molar-refractivity contribution is -0.146. The van der Waals surface area contributed by atoms with Crippen molar-refractivity contribution >= 4 is 23.2 Å². The molecule has 45 heavy (non-hydrogen) atoms. The molecule has 0 fully saturated rings. The zero-order valence-electron chi connectivity index (χ0n) is 25.0. The van der Waals surface area contributed by atoms with E-state index in [0.29, 0.717) is 42.8 Å². The molecule has 2 aliphatic rings. The number of ether oxygens (including phenoxy) is 2. The first-order valence-electron chi connectivity index (χ1n) is 15.3. The number of benzene rings is 4. The predicted octanol–water partition coefficient (Wildman–Crippen LogP) is 5.91. The fraction of sp³-hybridized carbons (Fsp3) is 0.243. The van der Waals surface area contributed by atoms with Gasteiger partial charge in [-0.25, -0.2) is 0 Å². The third-order valence-corrected chi connectivity index (χ3v) is 8.30. The van der Waals surface area contributed by atoms with Gasteiger partial charge in [-0.2, -0.15) is 0 Å². The van der Waals surface area contributed by atoms with Crippen LogP contribution in [0.25, 0.3) is 11.1 Å². The van der Waals surface area contributed by atoms with E-state index in [9.17, 15) is 9.59 Å². The summed E-state index contributed by atoms with van der Waals surface area (Å²) >= 11 is 0. The van der Waals surface area contributed by atoms with Gasteiger partial charge in [0.05, 0.1) is 18.0 Å². The fourth-order valence-electron chi connectivity index (χ4n) is 5.94. The number of amides is 2. The summed E-state index contributed by atoms with van der Waals surface area (Å²) in [4.78, 5) is 26.1. The Balaban J connectivity index is 1.15. The van der Waals surface area contributed by atoms with Crippen molar-refractivity contribution in [2.45, 2.75) is 44.4 Å². The number of nitrogens with one attached hydrogen (secondary N) is 2. The van der Waals surface area contributed by atoms with Crippen LogP contribution in [0.3, 0.4) is 0 Å². The number of anilines is 2. The van der Waals surface area contributed by atoms with E-state index in [0.717, 1.165) is 12.0 Å². The van der Waals surface area contributed by atoms with E-state index < -0.39 is 6.29 Å². The number of nitrogen functional groups attached to an aromatic ring is 1. The molecule has 1 heterocycles. The number of hydrogen-bond acceptors (Lipinski definition) is 6. The maximum atomic E-state index is 13.4. The van der Waals surface area contributed by atoms with Gasteiger partial charge in [0.15, 0.2) is 5.76 Å². The Morgan fingerprint density at radius 3 is 2.49 bits per heavy atom. The lowest BCUT2D eigenvalue weighted by atomic mass is 9.87. The molecule has 0 spiro atoms. The molecular formula is C37H37N3O5. The monoisotopic (exact) mass is 603 g/mol. The third kappa shape index (κ3) is 6.93. The first kappa shape index (κ1) is 30.1. The zero-order valence-corrected chi connectivity index (χ0v) is 25.0. The molecule has 2 atom stereocenters. The molecule has 0 unspecified atom stereocenters. The Morgan fingerprint density at radius 2 is 1.67 bits per heavy atom. The first-order valence-corrected chi connectivity index (χ1v) is 15.3. The van der Waals surface area contributed by atoms with Crippen LogP contribution in [0.15, 0.2) is 103 Å². The number of rotatable bonds is 11. The van der Waals surface area contributed by atoms with Crippen LogP contribution >= 0.6 is 0 Å². The van der Waals surface area contributed by atoms with Gasteiger partial charge >= 0.3 is 0 Å². The summed E-state index contributed by atoms with van der Waals surface area (Å²) in [5, 5.41) is 14.9. The van der Waals surface area contributed by atoms with Gasteiger partial charge in [0.1, 0.15) is 0 Å². The second kappa shape index (κ2) is 13.8. The van der Waals surface area contributed by atoms with E-state index in [1.165, 1.54) is 27.8 Å². The number of aliphatic hydroxyl groups is 1. The number of carbonyl (C=O) groups excluding carboxylic acids is 2. The third-order valence-electron chi connectivity index (χ3n) is 8.30. The summed E-state index contributed by atoms with van der Waals surface area (Å²) in [6.07, 6.45) is 4.10. The molecule has 8 heteroatoms. The topological polar surface area (TPSA) is 123 Å². The molecule has 0 aromatic heterocycles. The summed E-state index contributed by atoms with van der Waals surface area (Å²) in [5.41, 5.74) is 14.6. The van der Waals surface area contributed by atoms with Gasteiger partial charge in [0.2, 0.25) is 6.29 Å². The molecule has 1 aliphatic carbocycles. The van der Waals surface area contributed by atoms with Crippen LogP contribution in [0.4, 0.5) is 11.4 Å². The van der Waals surface area contributed by atoms with Crippen molar-refractivity contribution in [3.63, 3.8) is 0 Å². The largest absolute Gasteiger partial charge is 0.459 e. The minimum absolute atomic E-state index is 0.0666. The van der Waals surface area contributed by atoms with Gasteiger partial charge < -0.3 is 30.9 Å². The van der Waals surface area contributed by atoms with Crippen molar-refractivity contribution in [1.82, 2.24) is 5.32 Å². The number of unbranched alkanes of at least 4 members (excludes halogenated alkanes) is 1. The van der Waals surface area contributed by atoms with E-state index >= 15 is 0 Å². The standard InChI is InChI=1S/C37H37N3O5/c38-32-12-3-4-13-33(32)40-36(42)25-16-14-24(15-17-25)23-39-37(43)34-21-27(22-35(45-34)44-19-6-5-18-41)29-10-7-11-30-28-9-2-1-8-26(28)20-31(29)30/h1-4,7-17,21,27,35,41H,5-6,18-20,22-23,38H2,(H,39,43)(H,40,42)/t27-,35+/m1/s1. The Kier molecular flexibility index (Phi) is 9.24. The summed E-state index contributed by atoms with van der Waals surface area (Å²) in [6.45, 7) is 0.798. The van der Waals surface area contributed by atoms with Crippen LogP contribution in [-0.2, 0) is 27.2 Å². The number of allylic oxidation sites excluding steroid dienone is 1. The van der Waals surface area contributed by atoms with E-state index in [-0.39, 0.29) is 36.6 Å². The number of carbonyl (C=O) groups is 2. The maximum absolute atomic E-state index is 13.4. The minimum Gasteiger partial charge on any atom is -0.459 e. The molecule has 0 saturated heterocycles. The molecule has 8 nitrogen and oxygen atoms in total. The van der Waals surface area contributed by atoms with Crippen LogP contribution in [0.2, 0.25) is 0 Å². The Morgan fingerprint density at radius 1 is 0.889 bits per heavy atom. The molecule has 0 saturated carbocycles.